The minimum Gasteiger partial charge on any atom is -0.379 e. The first kappa shape index (κ1) is 13.0. The largest absolute Gasteiger partial charge is 0.418 e. The number of rotatable bonds is 5. The molecule has 1 atom stereocenters. The topological polar surface area (TPSA) is 38.0 Å². The fraction of sp³-hybridized carbons (Fsp3) is 0.700. The van der Waals surface area contributed by atoms with Crippen molar-refractivity contribution in [1.82, 2.24) is 9.78 Å². The first-order valence-corrected chi connectivity index (χ1v) is 5.22. The molecule has 0 aliphatic heterocycles. The van der Waals surface area contributed by atoms with Crippen LogP contribution >= 0.6 is 0 Å². The lowest BCUT2D eigenvalue weighted by molar-refractivity contribution is -0.206. The number of aliphatic hydroxyl groups excluding tert-OH is 1. The lowest BCUT2D eigenvalue weighted by atomic mass is 10.2. The summed E-state index contributed by atoms with van der Waals surface area (Å²) in [6, 6.07) is 0. The van der Waals surface area contributed by atoms with Gasteiger partial charge in [-0.1, -0.05) is 19.8 Å². The number of hydrogen-bond acceptors (Lipinski definition) is 2. The van der Waals surface area contributed by atoms with Crippen molar-refractivity contribution in [3.63, 3.8) is 0 Å². The molecule has 0 spiro atoms. The van der Waals surface area contributed by atoms with Gasteiger partial charge in [0.15, 0.2) is 6.10 Å². The van der Waals surface area contributed by atoms with Crippen LogP contribution in [0.5, 0.6) is 0 Å². The fourth-order valence-electron chi connectivity index (χ4n) is 1.36. The highest BCUT2D eigenvalue weighted by molar-refractivity contribution is 5.09. The number of halogens is 3. The molecule has 0 radical (unpaired) electrons. The van der Waals surface area contributed by atoms with Crippen LogP contribution in [-0.4, -0.2) is 21.1 Å². The Morgan fingerprint density at radius 2 is 2.12 bits per heavy atom. The number of aromatic nitrogens is 2. The van der Waals surface area contributed by atoms with Crippen LogP contribution in [0, 0.1) is 0 Å². The molecule has 0 amide bonds. The van der Waals surface area contributed by atoms with Crippen LogP contribution in [0.4, 0.5) is 13.2 Å². The van der Waals surface area contributed by atoms with Crippen molar-refractivity contribution < 1.29 is 18.3 Å². The molecule has 92 valence electrons. The Bertz CT molecular complexity index is 322. The normalized spacial score (nSPS) is 14.1. The van der Waals surface area contributed by atoms with Gasteiger partial charge in [-0.05, 0) is 6.42 Å². The van der Waals surface area contributed by atoms with Crippen LogP contribution in [0.1, 0.15) is 37.9 Å². The Morgan fingerprint density at radius 1 is 1.44 bits per heavy atom. The Morgan fingerprint density at radius 3 is 2.69 bits per heavy atom. The summed E-state index contributed by atoms with van der Waals surface area (Å²) >= 11 is 0. The zero-order valence-corrected chi connectivity index (χ0v) is 9.04. The Hall–Kier alpha value is -1.04. The highest BCUT2D eigenvalue weighted by atomic mass is 19.4. The minimum absolute atomic E-state index is 0.205. The van der Waals surface area contributed by atoms with Crippen LogP contribution in [0.3, 0.4) is 0 Å². The van der Waals surface area contributed by atoms with E-state index in [1.54, 1.807) is 0 Å². The van der Waals surface area contributed by atoms with E-state index in [1.165, 1.54) is 10.9 Å². The fourth-order valence-corrected chi connectivity index (χ4v) is 1.36. The third-order valence-corrected chi connectivity index (χ3v) is 2.27. The lowest BCUT2D eigenvalue weighted by Gasteiger charge is -2.11. The van der Waals surface area contributed by atoms with Crippen LogP contribution in [0.15, 0.2) is 12.4 Å². The summed E-state index contributed by atoms with van der Waals surface area (Å²) in [6.07, 6.45) is -1.84. The summed E-state index contributed by atoms with van der Waals surface area (Å²) in [7, 11) is 0. The second-order valence-corrected chi connectivity index (χ2v) is 3.69. The second-order valence-electron chi connectivity index (χ2n) is 3.69. The van der Waals surface area contributed by atoms with Gasteiger partial charge in [0.1, 0.15) is 0 Å². The van der Waals surface area contributed by atoms with Gasteiger partial charge < -0.3 is 5.11 Å². The van der Waals surface area contributed by atoms with E-state index in [-0.39, 0.29) is 5.56 Å². The predicted molar refractivity (Wildman–Crippen MR) is 52.8 cm³/mol. The molecule has 1 N–H and O–H groups in total. The van der Waals surface area contributed by atoms with Gasteiger partial charge in [0.2, 0.25) is 0 Å². The Balaban J connectivity index is 2.57. The standard InChI is InChI=1S/C10H15F3N2O/c1-2-3-4-5-15-7-8(6-14-15)9(16)10(11,12)13/h6-7,9,16H,2-5H2,1H3. The number of nitrogens with zero attached hydrogens (tertiary/aromatic N) is 2. The van der Waals surface area contributed by atoms with E-state index < -0.39 is 12.3 Å². The molecule has 0 bridgehead atoms. The first-order valence-electron chi connectivity index (χ1n) is 5.22. The molecule has 1 unspecified atom stereocenters. The maximum atomic E-state index is 12.2. The molecule has 1 aromatic heterocycles. The van der Waals surface area contributed by atoms with Gasteiger partial charge in [0.25, 0.3) is 0 Å². The predicted octanol–water partition coefficient (Wildman–Crippen LogP) is 2.67. The van der Waals surface area contributed by atoms with E-state index >= 15 is 0 Å². The third kappa shape index (κ3) is 3.52. The van der Waals surface area contributed by atoms with Crippen molar-refractivity contribution in [2.24, 2.45) is 0 Å². The zero-order chi connectivity index (χ0) is 12.2. The molecule has 1 rings (SSSR count). The lowest BCUT2D eigenvalue weighted by Crippen LogP contribution is -2.19. The van der Waals surface area contributed by atoms with Gasteiger partial charge in [0, 0.05) is 18.3 Å². The van der Waals surface area contributed by atoms with Crippen LogP contribution in [-0.2, 0) is 6.54 Å². The van der Waals surface area contributed by atoms with E-state index in [0.717, 1.165) is 25.5 Å². The molecule has 3 nitrogen and oxygen atoms in total. The Kier molecular flexibility index (Phi) is 4.35. The van der Waals surface area contributed by atoms with E-state index in [0.29, 0.717) is 6.54 Å². The van der Waals surface area contributed by atoms with Crippen LogP contribution < -0.4 is 0 Å². The average molecular weight is 236 g/mol. The molecule has 0 saturated carbocycles. The highest BCUT2D eigenvalue weighted by Gasteiger charge is 2.40. The van der Waals surface area contributed by atoms with Gasteiger partial charge in [-0.2, -0.15) is 18.3 Å². The molecule has 1 aromatic rings. The molecule has 6 heteroatoms. The van der Waals surface area contributed by atoms with E-state index in [1.807, 2.05) is 6.92 Å². The van der Waals surface area contributed by atoms with E-state index in [2.05, 4.69) is 5.10 Å². The summed E-state index contributed by atoms with van der Waals surface area (Å²) in [6.45, 7) is 2.63. The number of aryl methyl sites for hydroxylation is 1. The van der Waals surface area contributed by atoms with Crippen molar-refractivity contribution in [2.45, 2.75) is 45.0 Å². The summed E-state index contributed by atoms with van der Waals surface area (Å²) < 4.78 is 37.9. The van der Waals surface area contributed by atoms with Gasteiger partial charge in [-0.3, -0.25) is 4.68 Å². The monoisotopic (exact) mass is 236 g/mol. The maximum absolute atomic E-state index is 12.2. The molecule has 0 saturated heterocycles. The maximum Gasteiger partial charge on any atom is 0.418 e. The molecule has 1 heterocycles. The minimum atomic E-state index is -4.63. The average Bonchev–Trinajstić information content (AvgIpc) is 2.64. The summed E-state index contributed by atoms with van der Waals surface area (Å²) in [5.74, 6) is 0. The van der Waals surface area contributed by atoms with Crippen LogP contribution in [0.25, 0.3) is 0 Å². The number of unbranched alkanes of at least 4 members (excludes halogenated alkanes) is 2. The molecule has 0 fully saturated rings. The Labute approximate surface area is 91.9 Å². The van der Waals surface area contributed by atoms with Gasteiger partial charge in [-0.15, -0.1) is 0 Å². The quantitative estimate of drug-likeness (QED) is 0.798. The molecule has 0 aliphatic rings. The summed E-state index contributed by atoms with van der Waals surface area (Å²) in [4.78, 5) is 0. The molecule has 0 aromatic carbocycles. The highest BCUT2D eigenvalue weighted by Crippen LogP contribution is 2.31. The first-order chi connectivity index (χ1) is 7.45. The number of hydrogen-bond donors (Lipinski definition) is 1. The third-order valence-electron chi connectivity index (χ3n) is 2.27. The zero-order valence-electron chi connectivity index (χ0n) is 9.04. The SMILES string of the molecule is CCCCCn1cc(C(O)C(F)(F)F)cn1. The van der Waals surface area contributed by atoms with E-state index in [4.69, 9.17) is 5.11 Å². The van der Waals surface area contributed by atoms with E-state index in [9.17, 15) is 13.2 Å². The molecule has 16 heavy (non-hydrogen) atoms. The summed E-state index contributed by atoms with van der Waals surface area (Å²) in [5, 5.41) is 12.7. The number of alkyl halides is 3. The van der Waals surface area contributed by atoms with Crippen LogP contribution in [0.2, 0.25) is 0 Å². The second kappa shape index (κ2) is 5.34. The van der Waals surface area contributed by atoms with Crippen molar-refractivity contribution in [3.8, 4) is 0 Å². The smallest absolute Gasteiger partial charge is 0.379 e. The van der Waals surface area contributed by atoms with Gasteiger partial charge in [0.05, 0.1) is 6.20 Å². The summed E-state index contributed by atoms with van der Waals surface area (Å²) in [5.41, 5.74) is -0.205. The number of aliphatic hydroxyl groups is 1. The van der Waals surface area contributed by atoms with Gasteiger partial charge >= 0.3 is 6.18 Å². The molecular formula is C10H15F3N2O. The van der Waals surface area contributed by atoms with Gasteiger partial charge in [-0.25, -0.2) is 0 Å². The molecular weight excluding hydrogens is 221 g/mol. The molecule has 0 aliphatic carbocycles. The van der Waals surface area contributed by atoms with Crippen molar-refractivity contribution in [3.05, 3.63) is 18.0 Å². The van der Waals surface area contributed by atoms with Crippen molar-refractivity contribution in [2.75, 3.05) is 0 Å². The van der Waals surface area contributed by atoms with Crippen molar-refractivity contribution >= 4 is 0 Å². The van der Waals surface area contributed by atoms with Crippen molar-refractivity contribution in [1.29, 1.82) is 0 Å².